The average Bonchev–Trinajstić information content (AvgIpc) is 2.72. The summed E-state index contributed by atoms with van der Waals surface area (Å²) in [6.45, 7) is 0.152. The van der Waals surface area contributed by atoms with Crippen molar-refractivity contribution in [3.05, 3.63) is 88.4 Å². The Morgan fingerprint density at radius 1 is 0.828 bits per heavy atom. The van der Waals surface area contributed by atoms with E-state index in [1.807, 2.05) is 54.6 Å². The van der Waals surface area contributed by atoms with E-state index in [4.69, 9.17) is 9.47 Å². The highest BCUT2D eigenvalue weighted by atomic mass is 79.9. The molecule has 0 aliphatic carbocycles. The van der Waals surface area contributed by atoms with E-state index in [0.717, 1.165) is 15.6 Å². The highest BCUT2D eigenvalue weighted by Crippen LogP contribution is 2.29. The minimum absolute atomic E-state index is 0.0958. The van der Waals surface area contributed by atoms with Crippen LogP contribution in [0.3, 0.4) is 0 Å². The molecule has 0 saturated carbocycles. The number of benzene rings is 3. The van der Waals surface area contributed by atoms with Crippen molar-refractivity contribution in [1.29, 1.82) is 0 Å². The van der Waals surface area contributed by atoms with Gasteiger partial charge in [-0.2, -0.15) is 0 Å². The van der Waals surface area contributed by atoms with E-state index in [1.54, 1.807) is 32.4 Å². The van der Waals surface area contributed by atoms with Crippen LogP contribution in [0.4, 0.5) is 5.69 Å². The Labute approximate surface area is 180 Å². The lowest BCUT2D eigenvalue weighted by molar-refractivity contribution is 0.393. The summed E-state index contributed by atoms with van der Waals surface area (Å²) in [5.41, 5.74) is 2.07. The van der Waals surface area contributed by atoms with Crippen LogP contribution < -0.4 is 13.8 Å². The van der Waals surface area contributed by atoms with Crippen LogP contribution in [0.2, 0.25) is 0 Å². The number of ether oxygens (including phenoxy) is 2. The molecule has 0 spiro atoms. The first-order valence-electron chi connectivity index (χ1n) is 8.93. The Bertz CT molecular complexity index is 1050. The maximum absolute atomic E-state index is 13.4. The van der Waals surface area contributed by atoms with Crippen molar-refractivity contribution in [1.82, 2.24) is 0 Å². The fourth-order valence-corrected chi connectivity index (χ4v) is 4.90. The van der Waals surface area contributed by atoms with Gasteiger partial charge < -0.3 is 9.47 Å². The number of nitrogens with zero attached hydrogens (tertiary/aromatic N) is 1. The molecular formula is C22H22BrNO4S. The molecule has 0 saturated heterocycles. The molecule has 0 fully saturated rings. The van der Waals surface area contributed by atoms with E-state index < -0.39 is 10.0 Å². The normalized spacial score (nSPS) is 11.1. The van der Waals surface area contributed by atoms with Gasteiger partial charge in [0.2, 0.25) is 10.0 Å². The molecule has 3 aromatic carbocycles. The molecular weight excluding hydrogens is 454 g/mol. The number of anilines is 1. The number of hydrogen-bond donors (Lipinski definition) is 0. The van der Waals surface area contributed by atoms with Gasteiger partial charge >= 0.3 is 0 Å². The van der Waals surface area contributed by atoms with Crippen molar-refractivity contribution in [3.8, 4) is 11.5 Å². The highest BCUT2D eigenvalue weighted by molar-refractivity contribution is 9.10. The smallest absolute Gasteiger partial charge is 0.239 e. The van der Waals surface area contributed by atoms with Crippen LogP contribution in [-0.2, 0) is 22.3 Å². The predicted molar refractivity (Wildman–Crippen MR) is 119 cm³/mol. The van der Waals surface area contributed by atoms with Gasteiger partial charge in [0.15, 0.2) is 0 Å². The van der Waals surface area contributed by atoms with Crippen LogP contribution in [-0.4, -0.2) is 22.6 Å². The Morgan fingerprint density at radius 2 is 1.48 bits per heavy atom. The van der Waals surface area contributed by atoms with Gasteiger partial charge in [0.05, 0.1) is 32.2 Å². The van der Waals surface area contributed by atoms with Crippen LogP contribution in [0.1, 0.15) is 11.1 Å². The Kier molecular flexibility index (Phi) is 6.82. The van der Waals surface area contributed by atoms with Gasteiger partial charge in [0.25, 0.3) is 0 Å². The zero-order valence-corrected chi connectivity index (χ0v) is 18.6. The van der Waals surface area contributed by atoms with E-state index in [-0.39, 0.29) is 12.3 Å². The summed E-state index contributed by atoms with van der Waals surface area (Å²) in [6, 6.07) is 21.8. The van der Waals surface area contributed by atoms with Crippen molar-refractivity contribution in [3.63, 3.8) is 0 Å². The quantitative estimate of drug-likeness (QED) is 0.459. The van der Waals surface area contributed by atoms with Crippen LogP contribution in [0.25, 0.3) is 0 Å². The monoisotopic (exact) mass is 475 g/mol. The van der Waals surface area contributed by atoms with Gasteiger partial charge in [-0.25, -0.2) is 8.42 Å². The summed E-state index contributed by atoms with van der Waals surface area (Å²) < 4.78 is 39.6. The molecule has 0 unspecified atom stereocenters. The molecule has 3 rings (SSSR count). The van der Waals surface area contributed by atoms with Crippen molar-refractivity contribution >= 4 is 31.6 Å². The Morgan fingerprint density at radius 3 is 2.07 bits per heavy atom. The summed E-state index contributed by atoms with van der Waals surface area (Å²) in [7, 11) is -0.519. The molecule has 7 heteroatoms. The molecule has 0 heterocycles. The lowest BCUT2D eigenvalue weighted by Gasteiger charge is -2.25. The minimum atomic E-state index is -3.65. The molecule has 5 nitrogen and oxygen atoms in total. The molecule has 0 atom stereocenters. The first-order valence-corrected chi connectivity index (χ1v) is 11.3. The standard InChI is InChI=1S/C22H22BrNO4S/c1-27-21-11-18(12-22(14-21)28-2)15-24(20-10-6-9-19(23)13-20)29(25,26)16-17-7-4-3-5-8-17/h3-14H,15-16H2,1-2H3. The number of hydrogen-bond acceptors (Lipinski definition) is 4. The molecule has 0 amide bonds. The van der Waals surface area contributed by atoms with Gasteiger partial charge in [-0.1, -0.05) is 52.3 Å². The number of rotatable bonds is 8. The molecule has 0 bridgehead atoms. The van der Waals surface area contributed by atoms with E-state index >= 15 is 0 Å². The van der Waals surface area contributed by atoms with Crippen molar-refractivity contribution < 1.29 is 17.9 Å². The molecule has 29 heavy (non-hydrogen) atoms. The summed E-state index contributed by atoms with van der Waals surface area (Å²) in [4.78, 5) is 0. The van der Waals surface area contributed by atoms with Gasteiger partial charge in [0, 0.05) is 10.5 Å². The molecule has 0 aliphatic heterocycles. The molecule has 0 N–H and O–H groups in total. The maximum atomic E-state index is 13.4. The van der Waals surface area contributed by atoms with Crippen LogP contribution in [0.5, 0.6) is 11.5 Å². The minimum Gasteiger partial charge on any atom is -0.497 e. The lowest BCUT2D eigenvalue weighted by atomic mass is 10.2. The lowest BCUT2D eigenvalue weighted by Crippen LogP contribution is -2.31. The van der Waals surface area contributed by atoms with E-state index in [2.05, 4.69) is 15.9 Å². The summed E-state index contributed by atoms with van der Waals surface area (Å²) >= 11 is 3.43. The summed E-state index contributed by atoms with van der Waals surface area (Å²) in [5.74, 6) is 1.12. The second kappa shape index (κ2) is 9.33. The largest absolute Gasteiger partial charge is 0.497 e. The van der Waals surface area contributed by atoms with Gasteiger partial charge in [0.1, 0.15) is 11.5 Å². The van der Waals surface area contributed by atoms with Crippen molar-refractivity contribution in [2.75, 3.05) is 18.5 Å². The zero-order chi connectivity index (χ0) is 20.9. The summed E-state index contributed by atoms with van der Waals surface area (Å²) in [5, 5.41) is 0. The van der Waals surface area contributed by atoms with E-state index in [0.29, 0.717) is 17.2 Å². The Balaban J connectivity index is 2.02. The van der Waals surface area contributed by atoms with E-state index in [1.165, 1.54) is 4.31 Å². The van der Waals surface area contributed by atoms with Crippen LogP contribution >= 0.6 is 15.9 Å². The first-order chi connectivity index (χ1) is 13.9. The van der Waals surface area contributed by atoms with Crippen molar-refractivity contribution in [2.24, 2.45) is 0 Å². The zero-order valence-electron chi connectivity index (χ0n) is 16.2. The SMILES string of the molecule is COc1cc(CN(c2cccc(Br)c2)S(=O)(=O)Cc2ccccc2)cc(OC)c1. The average molecular weight is 476 g/mol. The first kappa shape index (κ1) is 21.2. The number of sulfonamides is 1. The van der Waals surface area contributed by atoms with Crippen LogP contribution in [0.15, 0.2) is 77.3 Å². The predicted octanol–water partition coefficient (Wildman–Crippen LogP) is 5.00. The van der Waals surface area contributed by atoms with Crippen molar-refractivity contribution in [2.45, 2.75) is 12.3 Å². The third kappa shape index (κ3) is 5.52. The van der Waals surface area contributed by atoms with Gasteiger partial charge in [-0.15, -0.1) is 0 Å². The summed E-state index contributed by atoms with van der Waals surface area (Å²) in [6.07, 6.45) is 0. The number of halogens is 1. The fraction of sp³-hybridized carbons (Fsp3) is 0.182. The van der Waals surface area contributed by atoms with Gasteiger partial charge in [-0.05, 0) is 41.5 Å². The van der Waals surface area contributed by atoms with Crippen LogP contribution in [0, 0.1) is 0 Å². The third-order valence-corrected chi connectivity index (χ3v) is 6.56. The molecule has 0 radical (unpaired) electrons. The topological polar surface area (TPSA) is 55.8 Å². The highest BCUT2D eigenvalue weighted by Gasteiger charge is 2.24. The third-order valence-electron chi connectivity index (χ3n) is 4.36. The maximum Gasteiger partial charge on any atom is 0.239 e. The second-order valence-corrected chi connectivity index (χ2v) is 9.26. The molecule has 3 aromatic rings. The van der Waals surface area contributed by atoms with Gasteiger partial charge in [-0.3, -0.25) is 4.31 Å². The molecule has 152 valence electrons. The Hall–Kier alpha value is -2.51. The second-order valence-electron chi connectivity index (χ2n) is 6.45. The fourth-order valence-electron chi connectivity index (χ4n) is 2.97. The van der Waals surface area contributed by atoms with E-state index in [9.17, 15) is 8.42 Å². The number of methoxy groups -OCH3 is 2. The molecule has 0 aliphatic rings. The molecule has 0 aromatic heterocycles.